The van der Waals surface area contributed by atoms with E-state index in [1.807, 2.05) is 18.2 Å². The Labute approximate surface area is 136 Å². The van der Waals surface area contributed by atoms with Crippen molar-refractivity contribution in [1.82, 2.24) is 15.3 Å². The topological polar surface area (TPSA) is 66.9 Å². The zero-order chi connectivity index (χ0) is 16.9. The molecule has 0 fully saturated rings. The lowest BCUT2D eigenvalue weighted by molar-refractivity contribution is 0.0953. The highest BCUT2D eigenvalue weighted by molar-refractivity contribution is 5.92. The standard InChI is InChI=1S/C18H22N4O/c1-5-11-19-16(23)15-10-12-20-17(22-15)21-14-9-7-6-8-13(14)18(2,3)4/h5-10,12H,1,11H2,2-4H3,(H,19,23)(H,20,21,22). The van der Waals surface area contributed by atoms with Crippen molar-refractivity contribution in [3.8, 4) is 0 Å². The van der Waals surface area contributed by atoms with E-state index in [0.717, 1.165) is 11.3 Å². The van der Waals surface area contributed by atoms with Gasteiger partial charge in [0.15, 0.2) is 0 Å². The van der Waals surface area contributed by atoms with Gasteiger partial charge in [0, 0.05) is 18.4 Å². The largest absolute Gasteiger partial charge is 0.347 e. The maximum atomic E-state index is 12.0. The summed E-state index contributed by atoms with van der Waals surface area (Å²) in [6, 6.07) is 9.60. The average Bonchev–Trinajstić information content (AvgIpc) is 2.52. The zero-order valence-corrected chi connectivity index (χ0v) is 13.8. The Hall–Kier alpha value is -2.69. The van der Waals surface area contributed by atoms with Gasteiger partial charge in [-0.25, -0.2) is 9.97 Å². The Kier molecular flexibility index (Phi) is 5.11. The molecule has 0 spiro atoms. The van der Waals surface area contributed by atoms with E-state index in [9.17, 15) is 4.79 Å². The molecule has 0 saturated heterocycles. The average molecular weight is 310 g/mol. The van der Waals surface area contributed by atoms with Crippen LogP contribution in [0.25, 0.3) is 0 Å². The van der Waals surface area contributed by atoms with Gasteiger partial charge in [-0.15, -0.1) is 6.58 Å². The van der Waals surface area contributed by atoms with Crippen molar-refractivity contribution in [2.75, 3.05) is 11.9 Å². The van der Waals surface area contributed by atoms with E-state index in [2.05, 4.69) is 54.0 Å². The number of carbonyl (C=O) groups is 1. The van der Waals surface area contributed by atoms with Crippen LogP contribution in [0.4, 0.5) is 11.6 Å². The van der Waals surface area contributed by atoms with Gasteiger partial charge in [0.1, 0.15) is 5.69 Å². The van der Waals surface area contributed by atoms with Crippen molar-refractivity contribution >= 4 is 17.5 Å². The highest BCUT2D eigenvalue weighted by Crippen LogP contribution is 2.30. The molecular formula is C18H22N4O. The van der Waals surface area contributed by atoms with E-state index < -0.39 is 0 Å². The third-order valence-electron chi connectivity index (χ3n) is 3.28. The number of benzene rings is 1. The molecule has 0 aliphatic carbocycles. The van der Waals surface area contributed by atoms with Crippen molar-refractivity contribution in [1.29, 1.82) is 0 Å². The number of rotatable bonds is 5. The number of amides is 1. The molecule has 5 nitrogen and oxygen atoms in total. The highest BCUT2D eigenvalue weighted by Gasteiger charge is 2.18. The van der Waals surface area contributed by atoms with Gasteiger partial charge >= 0.3 is 0 Å². The fourth-order valence-electron chi connectivity index (χ4n) is 2.17. The Morgan fingerprint density at radius 1 is 1.26 bits per heavy atom. The second-order valence-corrected chi connectivity index (χ2v) is 6.18. The summed E-state index contributed by atoms with van der Waals surface area (Å²) in [7, 11) is 0. The van der Waals surface area contributed by atoms with Crippen LogP contribution in [0.3, 0.4) is 0 Å². The molecule has 2 rings (SSSR count). The van der Waals surface area contributed by atoms with Gasteiger partial charge in [-0.05, 0) is 23.1 Å². The van der Waals surface area contributed by atoms with Crippen LogP contribution in [0.5, 0.6) is 0 Å². The van der Waals surface area contributed by atoms with Gasteiger partial charge in [0.25, 0.3) is 5.91 Å². The third-order valence-corrected chi connectivity index (χ3v) is 3.28. The number of hydrogen-bond donors (Lipinski definition) is 2. The van der Waals surface area contributed by atoms with Gasteiger partial charge in [-0.3, -0.25) is 4.79 Å². The van der Waals surface area contributed by atoms with E-state index >= 15 is 0 Å². The van der Waals surface area contributed by atoms with Crippen LogP contribution < -0.4 is 10.6 Å². The van der Waals surface area contributed by atoms with Gasteiger partial charge in [0.05, 0.1) is 0 Å². The first-order chi connectivity index (χ1) is 10.9. The fourth-order valence-corrected chi connectivity index (χ4v) is 2.17. The molecule has 2 N–H and O–H groups in total. The predicted molar refractivity (Wildman–Crippen MR) is 93.0 cm³/mol. The maximum Gasteiger partial charge on any atom is 0.270 e. The predicted octanol–water partition coefficient (Wildman–Crippen LogP) is 3.43. The number of para-hydroxylation sites is 1. The van der Waals surface area contributed by atoms with Crippen molar-refractivity contribution in [2.24, 2.45) is 0 Å². The van der Waals surface area contributed by atoms with Crippen LogP contribution in [0.2, 0.25) is 0 Å². The summed E-state index contributed by atoms with van der Waals surface area (Å²) in [6.45, 7) is 10.4. The second kappa shape index (κ2) is 7.05. The van der Waals surface area contributed by atoms with Gasteiger partial charge in [0.2, 0.25) is 5.95 Å². The first kappa shape index (κ1) is 16.7. The Morgan fingerprint density at radius 2 is 2.00 bits per heavy atom. The van der Waals surface area contributed by atoms with Crippen molar-refractivity contribution in [3.05, 3.63) is 60.4 Å². The molecule has 1 amide bonds. The molecule has 1 aromatic heterocycles. The molecule has 120 valence electrons. The normalized spacial score (nSPS) is 10.9. The van der Waals surface area contributed by atoms with Crippen LogP contribution in [0, 0.1) is 0 Å². The van der Waals surface area contributed by atoms with Crippen molar-refractivity contribution < 1.29 is 4.79 Å². The number of hydrogen-bond acceptors (Lipinski definition) is 4. The lowest BCUT2D eigenvalue weighted by Gasteiger charge is -2.23. The summed E-state index contributed by atoms with van der Waals surface area (Å²) >= 11 is 0. The summed E-state index contributed by atoms with van der Waals surface area (Å²) in [5.74, 6) is 0.146. The van der Waals surface area contributed by atoms with Crippen molar-refractivity contribution in [2.45, 2.75) is 26.2 Å². The zero-order valence-electron chi connectivity index (χ0n) is 13.8. The first-order valence-electron chi connectivity index (χ1n) is 7.50. The van der Waals surface area contributed by atoms with E-state index in [4.69, 9.17) is 0 Å². The summed E-state index contributed by atoms with van der Waals surface area (Å²) in [4.78, 5) is 20.4. The molecule has 23 heavy (non-hydrogen) atoms. The quantitative estimate of drug-likeness (QED) is 0.830. The van der Waals surface area contributed by atoms with Crippen LogP contribution in [-0.4, -0.2) is 22.4 Å². The number of nitrogens with zero attached hydrogens (tertiary/aromatic N) is 2. The Morgan fingerprint density at radius 3 is 2.70 bits per heavy atom. The Bertz CT molecular complexity index is 704. The molecule has 0 saturated carbocycles. The van der Waals surface area contributed by atoms with Gasteiger partial charge < -0.3 is 10.6 Å². The maximum absolute atomic E-state index is 12.0. The molecule has 1 aromatic carbocycles. The van der Waals surface area contributed by atoms with Crippen LogP contribution in [0.1, 0.15) is 36.8 Å². The minimum absolute atomic E-state index is 0.0114. The van der Waals surface area contributed by atoms with E-state index in [1.165, 1.54) is 0 Å². The molecule has 0 unspecified atom stereocenters. The fraction of sp³-hybridized carbons (Fsp3) is 0.278. The number of carbonyl (C=O) groups excluding carboxylic acids is 1. The van der Waals surface area contributed by atoms with E-state index in [0.29, 0.717) is 18.2 Å². The van der Waals surface area contributed by atoms with E-state index in [-0.39, 0.29) is 11.3 Å². The lowest BCUT2D eigenvalue weighted by Crippen LogP contribution is -2.24. The molecule has 0 radical (unpaired) electrons. The summed E-state index contributed by atoms with van der Waals surface area (Å²) in [5, 5.41) is 5.91. The molecule has 0 atom stereocenters. The minimum Gasteiger partial charge on any atom is -0.347 e. The summed E-state index contributed by atoms with van der Waals surface area (Å²) < 4.78 is 0. The monoisotopic (exact) mass is 310 g/mol. The lowest BCUT2D eigenvalue weighted by atomic mass is 9.86. The highest BCUT2D eigenvalue weighted by atomic mass is 16.1. The SMILES string of the molecule is C=CCNC(=O)c1ccnc(Nc2ccccc2C(C)(C)C)n1. The first-order valence-corrected chi connectivity index (χ1v) is 7.50. The molecule has 5 heteroatoms. The smallest absolute Gasteiger partial charge is 0.270 e. The molecule has 1 heterocycles. The minimum atomic E-state index is -0.251. The summed E-state index contributed by atoms with van der Waals surface area (Å²) in [6.07, 6.45) is 3.19. The number of nitrogens with one attached hydrogen (secondary N) is 2. The molecule has 0 bridgehead atoms. The third kappa shape index (κ3) is 4.39. The van der Waals surface area contributed by atoms with Crippen LogP contribution >= 0.6 is 0 Å². The number of anilines is 2. The van der Waals surface area contributed by atoms with Crippen LogP contribution in [-0.2, 0) is 5.41 Å². The Balaban J connectivity index is 2.25. The van der Waals surface area contributed by atoms with Gasteiger partial charge in [-0.1, -0.05) is 45.0 Å². The second-order valence-electron chi connectivity index (χ2n) is 6.18. The number of aromatic nitrogens is 2. The molecule has 0 aliphatic heterocycles. The molecule has 0 aliphatic rings. The van der Waals surface area contributed by atoms with E-state index in [1.54, 1.807) is 18.3 Å². The van der Waals surface area contributed by atoms with Crippen LogP contribution in [0.15, 0.2) is 49.2 Å². The molecule has 2 aromatic rings. The molecular weight excluding hydrogens is 288 g/mol. The summed E-state index contributed by atoms with van der Waals surface area (Å²) in [5.41, 5.74) is 2.40. The van der Waals surface area contributed by atoms with Crippen molar-refractivity contribution in [3.63, 3.8) is 0 Å². The van der Waals surface area contributed by atoms with Gasteiger partial charge in [-0.2, -0.15) is 0 Å².